The average Bonchev–Trinajstić information content (AvgIpc) is 2.86. The molecule has 2 aliphatic heterocycles. The topological polar surface area (TPSA) is 81.2 Å². The fourth-order valence-electron chi connectivity index (χ4n) is 3.25. The molecule has 2 rings (SSSR count). The van der Waals surface area contributed by atoms with E-state index >= 15 is 0 Å². The number of likely N-dealkylation sites (tertiary alicyclic amines) is 1. The number of carboxylic acids is 1. The van der Waals surface area contributed by atoms with E-state index in [1.807, 2.05) is 6.92 Å². The summed E-state index contributed by atoms with van der Waals surface area (Å²) in [6.07, 6.45) is 2.34. The second-order valence-electron chi connectivity index (χ2n) is 5.86. The monoisotopic (exact) mass is 297 g/mol. The maximum atomic E-state index is 12.7. The van der Waals surface area contributed by atoms with Gasteiger partial charge in [0.1, 0.15) is 12.1 Å². The molecule has 2 saturated heterocycles. The van der Waals surface area contributed by atoms with Crippen LogP contribution < -0.4 is 0 Å². The number of likely N-dealkylation sites (N-methyl/N-ethyl adjacent to an activating group) is 1. The van der Waals surface area contributed by atoms with Crippen LogP contribution in [-0.2, 0) is 9.59 Å². The Balaban J connectivity index is 2.17. The van der Waals surface area contributed by atoms with Crippen LogP contribution in [0.4, 0.5) is 4.79 Å². The smallest absolute Gasteiger partial charge is 0.329 e. The number of carbonyl (C=O) groups is 3. The highest BCUT2D eigenvalue weighted by atomic mass is 16.4. The van der Waals surface area contributed by atoms with Gasteiger partial charge in [-0.2, -0.15) is 0 Å². The molecule has 21 heavy (non-hydrogen) atoms. The zero-order valence-corrected chi connectivity index (χ0v) is 12.7. The van der Waals surface area contributed by atoms with Crippen LogP contribution in [-0.4, -0.2) is 76.5 Å². The Morgan fingerprint density at radius 2 is 2.00 bits per heavy atom. The summed E-state index contributed by atoms with van der Waals surface area (Å²) < 4.78 is 0. The van der Waals surface area contributed by atoms with Crippen molar-refractivity contribution in [1.82, 2.24) is 14.7 Å². The van der Waals surface area contributed by atoms with Crippen molar-refractivity contribution in [3.05, 3.63) is 0 Å². The van der Waals surface area contributed by atoms with Gasteiger partial charge in [-0.15, -0.1) is 0 Å². The van der Waals surface area contributed by atoms with Gasteiger partial charge in [0, 0.05) is 26.7 Å². The summed E-state index contributed by atoms with van der Waals surface area (Å²) in [6, 6.07) is -0.315. The van der Waals surface area contributed by atoms with E-state index in [1.54, 1.807) is 11.9 Å². The number of piperazine rings is 1. The van der Waals surface area contributed by atoms with Gasteiger partial charge in [0.2, 0.25) is 5.91 Å². The van der Waals surface area contributed by atoms with Crippen LogP contribution in [0.1, 0.15) is 32.6 Å². The maximum absolute atomic E-state index is 12.7. The first kappa shape index (κ1) is 15.6. The van der Waals surface area contributed by atoms with Crippen molar-refractivity contribution in [2.75, 3.05) is 33.2 Å². The predicted molar refractivity (Wildman–Crippen MR) is 75.8 cm³/mol. The molecule has 0 aromatic rings. The van der Waals surface area contributed by atoms with E-state index in [0.29, 0.717) is 45.3 Å². The standard InChI is InChI=1S/C14H23N3O4/c1-3-5-14(12(19)20)6-4-7-17(14)13(21)16-9-8-15(2)11(18)10-16/h3-10H2,1-2H3,(H,19,20). The number of amides is 3. The number of carbonyl (C=O) groups excluding carboxylic acids is 2. The Kier molecular flexibility index (Phi) is 4.39. The number of carboxylic acid groups (broad SMARTS) is 1. The average molecular weight is 297 g/mol. The van der Waals surface area contributed by atoms with Crippen molar-refractivity contribution >= 4 is 17.9 Å². The fraction of sp³-hybridized carbons (Fsp3) is 0.786. The van der Waals surface area contributed by atoms with Crippen molar-refractivity contribution in [1.29, 1.82) is 0 Å². The lowest BCUT2D eigenvalue weighted by molar-refractivity contribution is -0.149. The van der Waals surface area contributed by atoms with E-state index in [4.69, 9.17) is 0 Å². The maximum Gasteiger partial charge on any atom is 0.329 e. The van der Waals surface area contributed by atoms with Crippen LogP contribution in [0, 0.1) is 0 Å². The van der Waals surface area contributed by atoms with Gasteiger partial charge in [-0.3, -0.25) is 4.79 Å². The third-order valence-electron chi connectivity index (χ3n) is 4.51. The first-order valence-corrected chi connectivity index (χ1v) is 7.46. The molecular formula is C14H23N3O4. The van der Waals surface area contributed by atoms with Gasteiger partial charge in [0.15, 0.2) is 0 Å². The van der Waals surface area contributed by atoms with Gasteiger partial charge >= 0.3 is 12.0 Å². The van der Waals surface area contributed by atoms with E-state index in [2.05, 4.69) is 0 Å². The molecule has 0 aliphatic carbocycles. The Bertz CT molecular complexity index is 454. The summed E-state index contributed by atoms with van der Waals surface area (Å²) in [6.45, 7) is 3.36. The highest BCUT2D eigenvalue weighted by molar-refractivity contribution is 5.90. The molecule has 7 heteroatoms. The highest BCUT2D eigenvalue weighted by Gasteiger charge is 2.50. The van der Waals surface area contributed by atoms with Crippen LogP contribution in [0.2, 0.25) is 0 Å². The van der Waals surface area contributed by atoms with Crippen LogP contribution in [0.15, 0.2) is 0 Å². The molecule has 0 radical (unpaired) electrons. The molecular weight excluding hydrogens is 274 g/mol. The van der Waals surface area contributed by atoms with Gasteiger partial charge in [0.05, 0.1) is 0 Å². The molecule has 2 heterocycles. The van der Waals surface area contributed by atoms with Crippen molar-refractivity contribution in [3.8, 4) is 0 Å². The SMILES string of the molecule is CCCC1(C(=O)O)CCCN1C(=O)N1CCN(C)C(=O)C1. The molecule has 7 nitrogen and oxygen atoms in total. The van der Waals surface area contributed by atoms with Crippen LogP contribution in [0.25, 0.3) is 0 Å². The number of hydrogen-bond acceptors (Lipinski definition) is 3. The first-order chi connectivity index (χ1) is 9.92. The van der Waals surface area contributed by atoms with Crippen molar-refractivity contribution in [2.45, 2.75) is 38.1 Å². The molecule has 1 unspecified atom stereocenters. The quantitative estimate of drug-likeness (QED) is 0.827. The molecule has 0 saturated carbocycles. The van der Waals surface area contributed by atoms with E-state index in [1.165, 1.54) is 9.80 Å². The summed E-state index contributed by atoms with van der Waals surface area (Å²) in [5.41, 5.74) is -1.10. The minimum atomic E-state index is -1.10. The zero-order valence-electron chi connectivity index (χ0n) is 12.7. The molecule has 3 amide bonds. The number of nitrogens with zero attached hydrogens (tertiary/aromatic N) is 3. The Labute approximate surface area is 124 Å². The summed E-state index contributed by atoms with van der Waals surface area (Å²) in [7, 11) is 1.71. The van der Waals surface area contributed by atoms with E-state index in [9.17, 15) is 19.5 Å². The summed E-state index contributed by atoms with van der Waals surface area (Å²) in [5.74, 6) is -1.04. The fourth-order valence-corrected chi connectivity index (χ4v) is 3.25. The lowest BCUT2D eigenvalue weighted by atomic mass is 9.91. The molecule has 0 aromatic heterocycles. The van der Waals surface area contributed by atoms with Crippen LogP contribution in [0.3, 0.4) is 0 Å². The Morgan fingerprint density at radius 1 is 1.29 bits per heavy atom. The van der Waals surface area contributed by atoms with Gasteiger partial charge in [-0.05, 0) is 19.3 Å². The molecule has 2 fully saturated rings. The third kappa shape index (κ3) is 2.69. The number of urea groups is 1. The van der Waals surface area contributed by atoms with Gasteiger partial charge in [-0.25, -0.2) is 9.59 Å². The minimum absolute atomic E-state index is 0.0354. The second kappa shape index (κ2) is 5.91. The van der Waals surface area contributed by atoms with Crippen LogP contribution in [0.5, 0.6) is 0 Å². The minimum Gasteiger partial charge on any atom is -0.479 e. The normalized spacial score (nSPS) is 26.4. The van der Waals surface area contributed by atoms with Gasteiger partial charge in [0.25, 0.3) is 0 Å². The second-order valence-corrected chi connectivity index (χ2v) is 5.86. The van der Waals surface area contributed by atoms with E-state index in [0.717, 1.165) is 0 Å². The predicted octanol–water partition coefficient (Wildman–Crippen LogP) is 0.600. The van der Waals surface area contributed by atoms with Gasteiger partial charge < -0.3 is 19.8 Å². The summed E-state index contributed by atoms with van der Waals surface area (Å²) in [4.78, 5) is 40.7. The largest absolute Gasteiger partial charge is 0.479 e. The Morgan fingerprint density at radius 3 is 2.57 bits per heavy atom. The molecule has 1 atom stereocenters. The molecule has 0 aromatic carbocycles. The zero-order chi connectivity index (χ0) is 15.6. The number of hydrogen-bond donors (Lipinski definition) is 1. The van der Waals surface area contributed by atoms with Crippen molar-refractivity contribution in [3.63, 3.8) is 0 Å². The molecule has 0 spiro atoms. The number of rotatable bonds is 3. The Hall–Kier alpha value is -1.79. The molecule has 0 bridgehead atoms. The highest BCUT2D eigenvalue weighted by Crippen LogP contribution is 2.35. The van der Waals surface area contributed by atoms with Gasteiger partial charge in [-0.1, -0.05) is 13.3 Å². The summed E-state index contributed by atoms with van der Waals surface area (Å²) >= 11 is 0. The van der Waals surface area contributed by atoms with Crippen molar-refractivity contribution in [2.24, 2.45) is 0 Å². The summed E-state index contributed by atoms with van der Waals surface area (Å²) in [5, 5.41) is 9.62. The number of aliphatic carboxylic acids is 1. The lowest BCUT2D eigenvalue weighted by Gasteiger charge is -2.40. The molecule has 1 N–H and O–H groups in total. The lowest BCUT2D eigenvalue weighted by Crippen LogP contribution is -2.60. The van der Waals surface area contributed by atoms with Crippen molar-refractivity contribution < 1.29 is 19.5 Å². The molecule has 2 aliphatic rings. The van der Waals surface area contributed by atoms with E-state index < -0.39 is 11.5 Å². The first-order valence-electron chi connectivity index (χ1n) is 7.46. The third-order valence-corrected chi connectivity index (χ3v) is 4.51. The van der Waals surface area contributed by atoms with Crippen LogP contribution >= 0.6 is 0 Å². The van der Waals surface area contributed by atoms with E-state index in [-0.39, 0.29) is 18.5 Å². The molecule has 118 valence electrons.